The smallest absolute Gasteiger partial charge is 0.213 e. The molecule has 0 amide bonds. The molecule has 0 spiro atoms. The highest BCUT2D eigenvalue weighted by Gasteiger charge is 2.27. The molecule has 6 nitrogen and oxygen atoms in total. The molecule has 0 aliphatic carbocycles. The van der Waals surface area contributed by atoms with Gasteiger partial charge in [-0.15, -0.1) is 0 Å². The van der Waals surface area contributed by atoms with Gasteiger partial charge >= 0.3 is 0 Å². The molecule has 3 rings (SSSR count). The molecule has 1 aliphatic rings. The van der Waals surface area contributed by atoms with Gasteiger partial charge in [0.1, 0.15) is 0 Å². The van der Waals surface area contributed by atoms with Gasteiger partial charge in [-0.25, -0.2) is 12.7 Å². The zero-order valence-corrected chi connectivity index (χ0v) is 15.3. The van der Waals surface area contributed by atoms with E-state index in [2.05, 4.69) is 5.10 Å². The van der Waals surface area contributed by atoms with E-state index >= 15 is 0 Å². The fraction of sp³-hybridized carbons (Fsp3) is 0.500. The first kappa shape index (κ1) is 18.1. The maximum absolute atomic E-state index is 11.9. The van der Waals surface area contributed by atoms with Crippen LogP contribution in [0.1, 0.15) is 31.4 Å². The molecule has 1 saturated heterocycles. The van der Waals surface area contributed by atoms with Crippen LogP contribution in [0.4, 0.5) is 0 Å². The van der Waals surface area contributed by atoms with Crippen molar-refractivity contribution in [2.24, 2.45) is 0 Å². The summed E-state index contributed by atoms with van der Waals surface area (Å²) < 4.78 is 27.5. The average Bonchev–Trinajstić information content (AvgIpc) is 3.13. The Morgan fingerprint density at radius 3 is 2.44 bits per heavy atom. The first-order valence-corrected chi connectivity index (χ1v) is 10.4. The van der Waals surface area contributed by atoms with E-state index in [0.29, 0.717) is 19.5 Å². The zero-order valence-electron chi connectivity index (χ0n) is 14.5. The molecule has 136 valence electrons. The molecule has 0 unspecified atom stereocenters. The van der Waals surface area contributed by atoms with Crippen molar-refractivity contribution < 1.29 is 13.5 Å². The van der Waals surface area contributed by atoms with Gasteiger partial charge in [0.15, 0.2) is 0 Å². The largest absolute Gasteiger partial charge is 0.396 e. The molecule has 0 bridgehead atoms. The van der Waals surface area contributed by atoms with Crippen molar-refractivity contribution in [3.63, 3.8) is 0 Å². The molecule has 1 aromatic heterocycles. The van der Waals surface area contributed by atoms with Crippen LogP contribution in [0.3, 0.4) is 0 Å². The second-order valence-corrected chi connectivity index (χ2v) is 8.67. The number of nitrogens with zero attached hydrogens (tertiary/aromatic N) is 3. The van der Waals surface area contributed by atoms with Crippen molar-refractivity contribution in [1.82, 2.24) is 14.1 Å². The summed E-state index contributed by atoms with van der Waals surface area (Å²) in [5, 5.41) is 13.5. The third-order valence-corrected chi connectivity index (χ3v) is 6.73. The van der Waals surface area contributed by atoms with E-state index in [4.69, 9.17) is 5.11 Å². The van der Waals surface area contributed by atoms with Crippen molar-refractivity contribution in [3.05, 3.63) is 42.2 Å². The lowest BCUT2D eigenvalue weighted by atomic mass is 10.1. The van der Waals surface area contributed by atoms with Crippen LogP contribution in [0, 0.1) is 0 Å². The lowest BCUT2D eigenvalue weighted by Gasteiger charge is -2.31. The average molecular weight is 363 g/mol. The lowest BCUT2D eigenvalue weighted by Crippen LogP contribution is -2.39. The van der Waals surface area contributed by atoms with Crippen molar-refractivity contribution in [2.75, 3.05) is 25.4 Å². The highest BCUT2D eigenvalue weighted by Crippen LogP contribution is 2.26. The molecule has 1 aromatic carbocycles. The molecule has 1 N–H and O–H groups in total. The van der Waals surface area contributed by atoms with Gasteiger partial charge in [0.05, 0.1) is 18.0 Å². The summed E-state index contributed by atoms with van der Waals surface area (Å²) >= 11 is 0. The summed E-state index contributed by atoms with van der Waals surface area (Å²) in [5.41, 5.74) is 3.27. The topological polar surface area (TPSA) is 75.4 Å². The number of piperidine rings is 1. The van der Waals surface area contributed by atoms with E-state index in [1.165, 1.54) is 0 Å². The van der Waals surface area contributed by atoms with E-state index in [-0.39, 0.29) is 18.4 Å². The monoisotopic (exact) mass is 363 g/mol. The Labute approximate surface area is 149 Å². The van der Waals surface area contributed by atoms with Gasteiger partial charge in [-0.1, -0.05) is 24.3 Å². The fourth-order valence-corrected chi connectivity index (χ4v) is 4.38. The van der Waals surface area contributed by atoms with Crippen molar-refractivity contribution >= 4 is 10.0 Å². The quantitative estimate of drug-likeness (QED) is 0.852. The third kappa shape index (κ3) is 4.11. The Morgan fingerprint density at radius 1 is 1.16 bits per heavy atom. The van der Waals surface area contributed by atoms with Gasteiger partial charge in [-0.2, -0.15) is 5.10 Å². The number of aromatic nitrogens is 2. The molecule has 0 radical (unpaired) electrons. The number of aliphatic hydroxyl groups excluding tert-OH is 1. The zero-order chi connectivity index (χ0) is 17.9. The van der Waals surface area contributed by atoms with Gasteiger partial charge in [0, 0.05) is 31.5 Å². The molecule has 1 fully saturated rings. The third-order valence-electron chi connectivity index (χ3n) is 4.85. The highest BCUT2D eigenvalue weighted by atomic mass is 32.2. The number of benzene rings is 1. The molecule has 2 aromatic rings. The lowest BCUT2D eigenvalue weighted by molar-refractivity contribution is 0.261. The molecule has 2 heterocycles. The molecule has 7 heteroatoms. The van der Waals surface area contributed by atoms with Gasteiger partial charge in [0.25, 0.3) is 0 Å². The number of hydrogen-bond donors (Lipinski definition) is 1. The van der Waals surface area contributed by atoms with E-state index in [9.17, 15) is 8.42 Å². The van der Waals surface area contributed by atoms with E-state index < -0.39 is 10.0 Å². The molecule has 25 heavy (non-hydrogen) atoms. The fourth-order valence-electron chi connectivity index (χ4n) is 3.25. The van der Waals surface area contributed by atoms with Crippen LogP contribution in [-0.2, 0) is 16.4 Å². The molecule has 1 aliphatic heterocycles. The van der Waals surface area contributed by atoms with E-state index in [0.717, 1.165) is 29.5 Å². The SMILES string of the molecule is CCS(=O)(=O)N1CCC(n2cc(-c3ccc(CCO)cc3)cn2)CC1. The van der Waals surface area contributed by atoms with E-state index in [1.807, 2.05) is 41.3 Å². The van der Waals surface area contributed by atoms with Crippen LogP contribution in [0.5, 0.6) is 0 Å². The van der Waals surface area contributed by atoms with Gasteiger partial charge in [-0.3, -0.25) is 4.68 Å². The summed E-state index contributed by atoms with van der Waals surface area (Å²) in [4.78, 5) is 0. The minimum atomic E-state index is -3.09. The summed E-state index contributed by atoms with van der Waals surface area (Å²) in [7, 11) is -3.09. The summed E-state index contributed by atoms with van der Waals surface area (Å²) in [6.45, 7) is 2.97. The Morgan fingerprint density at radius 2 is 1.84 bits per heavy atom. The Kier molecular flexibility index (Phi) is 5.56. The van der Waals surface area contributed by atoms with Crippen LogP contribution in [0.25, 0.3) is 11.1 Å². The molecular weight excluding hydrogens is 338 g/mol. The predicted octanol–water partition coefficient (Wildman–Crippen LogP) is 2.07. The summed E-state index contributed by atoms with van der Waals surface area (Å²) in [6.07, 6.45) is 6.14. The Hall–Kier alpha value is -1.70. The second-order valence-electron chi connectivity index (χ2n) is 6.41. The summed E-state index contributed by atoms with van der Waals surface area (Å²) in [5.74, 6) is 0.163. The number of hydrogen-bond acceptors (Lipinski definition) is 4. The van der Waals surface area contributed by atoms with E-state index in [1.54, 1.807) is 11.2 Å². The van der Waals surface area contributed by atoms with Crippen LogP contribution in [0.2, 0.25) is 0 Å². The minimum absolute atomic E-state index is 0.156. The van der Waals surface area contributed by atoms with Gasteiger partial charge in [-0.05, 0) is 37.3 Å². The maximum Gasteiger partial charge on any atom is 0.213 e. The molecular formula is C18H25N3O3S. The highest BCUT2D eigenvalue weighted by molar-refractivity contribution is 7.89. The van der Waals surface area contributed by atoms with Crippen LogP contribution >= 0.6 is 0 Å². The van der Waals surface area contributed by atoms with Crippen LogP contribution < -0.4 is 0 Å². The second kappa shape index (κ2) is 7.68. The first-order chi connectivity index (χ1) is 12.0. The Balaban J connectivity index is 1.66. The first-order valence-electron chi connectivity index (χ1n) is 8.75. The number of aliphatic hydroxyl groups is 1. The molecule has 0 atom stereocenters. The van der Waals surface area contributed by atoms with Gasteiger partial charge in [0.2, 0.25) is 10.0 Å². The Bertz CT molecular complexity index is 791. The van der Waals surface area contributed by atoms with Crippen LogP contribution in [-0.4, -0.2) is 53.1 Å². The number of sulfonamides is 1. The van der Waals surface area contributed by atoms with Gasteiger partial charge < -0.3 is 5.11 Å². The normalized spacial score (nSPS) is 17.0. The number of rotatable bonds is 6. The van der Waals surface area contributed by atoms with Crippen molar-refractivity contribution in [2.45, 2.75) is 32.2 Å². The standard InChI is InChI=1S/C18H25N3O3S/c1-2-25(23,24)20-10-7-18(8-11-20)21-14-17(13-19-21)16-5-3-15(4-6-16)9-12-22/h3-6,13-14,18,22H,2,7-12H2,1H3. The van der Waals surface area contributed by atoms with Crippen molar-refractivity contribution in [1.29, 1.82) is 0 Å². The molecule has 0 saturated carbocycles. The predicted molar refractivity (Wildman–Crippen MR) is 97.8 cm³/mol. The van der Waals surface area contributed by atoms with Crippen LogP contribution in [0.15, 0.2) is 36.7 Å². The minimum Gasteiger partial charge on any atom is -0.396 e. The maximum atomic E-state index is 11.9. The van der Waals surface area contributed by atoms with Crippen molar-refractivity contribution in [3.8, 4) is 11.1 Å². The summed E-state index contributed by atoms with van der Waals surface area (Å²) in [6, 6.07) is 8.38.